The normalized spacial score (nSPS) is 31.8. The molecule has 0 unspecified atom stereocenters. The Hall–Kier alpha value is -0.750. The van der Waals surface area contributed by atoms with Crippen molar-refractivity contribution in [3.8, 4) is 0 Å². The molecule has 1 aromatic heterocycles. The van der Waals surface area contributed by atoms with Crippen molar-refractivity contribution in [3.05, 3.63) is 30.6 Å². The van der Waals surface area contributed by atoms with E-state index in [-0.39, 0.29) is 3.57 Å². The maximum Gasteiger partial charge on any atom is 0.330 e. The lowest BCUT2D eigenvalue weighted by Gasteiger charge is -2.17. The molecular formula is C9H11IN2O6. The molecule has 0 amide bonds. The van der Waals surface area contributed by atoms with Gasteiger partial charge in [-0.3, -0.25) is 14.3 Å². The number of halogens is 1. The monoisotopic (exact) mass is 370 g/mol. The maximum absolute atomic E-state index is 11.6. The van der Waals surface area contributed by atoms with Gasteiger partial charge in [0.05, 0.1) is 10.2 Å². The maximum atomic E-state index is 11.6. The summed E-state index contributed by atoms with van der Waals surface area (Å²) in [5.74, 6) is 0. The lowest BCUT2D eigenvalue weighted by Crippen LogP contribution is -2.38. The Morgan fingerprint density at radius 2 is 2.06 bits per heavy atom. The summed E-state index contributed by atoms with van der Waals surface area (Å²) in [4.78, 5) is 24.9. The predicted octanol–water partition coefficient (Wildman–Crippen LogP) is -2.25. The first kappa shape index (κ1) is 13.7. The van der Waals surface area contributed by atoms with Crippen LogP contribution >= 0.6 is 22.6 Å². The molecule has 9 heteroatoms. The Bertz CT molecular complexity index is 555. The van der Waals surface area contributed by atoms with Gasteiger partial charge >= 0.3 is 5.69 Å². The van der Waals surface area contributed by atoms with E-state index in [0.717, 1.165) is 4.57 Å². The summed E-state index contributed by atoms with van der Waals surface area (Å²) in [5.41, 5.74) is -1.29. The smallest absolute Gasteiger partial charge is 0.330 e. The summed E-state index contributed by atoms with van der Waals surface area (Å²) >= 11 is 1.73. The van der Waals surface area contributed by atoms with Crippen molar-refractivity contribution in [2.45, 2.75) is 24.5 Å². The van der Waals surface area contributed by atoms with E-state index in [0.29, 0.717) is 0 Å². The van der Waals surface area contributed by atoms with Crippen LogP contribution in [-0.4, -0.2) is 49.8 Å². The average Bonchev–Trinajstić information content (AvgIpc) is 2.61. The molecule has 1 aliphatic heterocycles. The predicted molar refractivity (Wildman–Crippen MR) is 67.0 cm³/mol. The lowest BCUT2D eigenvalue weighted by atomic mass is 10.1. The first-order chi connectivity index (χ1) is 8.45. The Morgan fingerprint density at radius 1 is 1.39 bits per heavy atom. The van der Waals surface area contributed by atoms with Crippen LogP contribution in [0.25, 0.3) is 0 Å². The molecule has 0 bridgehead atoms. The molecule has 8 nitrogen and oxygen atoms in total. The van der Waals surface area contributed by atoms with Crippen molar-refractivity contribution >= 4 is 22.6 Å². The van der Waals surface area contributed by atoms with Crippen LogP contribution in [0.1, 0.15) is 6.23 Å². The minimum Gasteiger partial charge on any atom is -0.394 e. The van der Waals surface area contributed by atoms with Crippen molar-refractivity contribution in [1.29, 1.82) is 0 Å². The van der Waals surface area contributed by atoms with Crippen molar-refractivity contribution in [3.63, 3.8) is 0 Å². The molecule has 0 saturated carbocycles. The average molecular weight is 370 g/mol. The molecule has 100 valence electrons. The molecule has 0 aliphatic carbocycles. The third-order valence-corrected chi connectivity index (χ3v) is 3.48. The van der Waals surface area contributed by atoms with Gasteiger partial charge in [0, 0.05) is 6.20 Å². The second-order valence-electron chi connectivity index (χ2n) is 3.87. The number of nitrogens with zero attached hydrogens (tertiary/aromatic N) is 1. The number of H-pyrrole nitrogens is 1. The number of hydrogen-bond donors (Lipinski definition) is 4. The van der Waals surface area contributed by atoms with Gasteiger partial charge in [-0.05, 0) is 22.6 Å². The summed E-state index contributed by atoms with van der Waals surface area (Å²) < 4.78 is 6.40. The summed E-state index contributed by atoms with van der Waals surface area (Å²) in [6, 6.07) is 0. The highest BCUT2D eigenvalue weighted by atomic mass is 127. The SMILES string of the molecule is O=c1[nH]c(=O)n([C@H]2O[C@H](CO)[C@@H](O)[C@@H]2O)cc1I. The van der Waals surface area contributed by atoms with Crippen molar-refractivity contribution < 1.29 is 20.1 Å². The fraction of sp³-hybridized carbons (Fsp3) is 0.556. The molecule has 2 heterocycles. The molecule has 1 saturated heterocycles. The van der Waals surface area contributed by atoms with Crippen LogP contribution in [0.2, 0.25) is 0 Å². The number of rotatable bonds is 2. The van der Waals surface area contributed by atoms with Crippen LogP contribution in [0.3, 0.4) is 0 Å². The molecule has 0 aromatic carbocycles. The largest absolute Gasteiger partial charge is 0.394 e. The minimum atomic E-state index is -1.36. The first-order valence-corrected chi connectivity index (χ1v) is 6.17. The zero-order valence-electron chi connectivity index (χ0n) is 8.99. The molecule has 0 radical (unpaired) electrons. The second-order valence-corrected chi connectivity index (χ2v) is 5.03. The molecule has 1 aromatic rings. The molecule has 1 aliphatic rings. The van der Waals surface area contributed by atoms with Gasteiger partial charge < -0.3 is 20.1 Å². The summed E-state index contributed by atoms with van der Waals surface area (Å²) in [6.07, 6.45) is -3.54. The van der Waals surface area contributed by atoms with Gasteiger partial charge in [-0.25, -0.2) is 4.79 Å². The van der Waals surface area contributed by atoms with E-state index in [1.165, 1.54) is 6.20 Å². The number of aliphatic hydroxyl groups is 3. The van der Waals surface area contributed by atoms with E-state index in [9.17, 15) is 19.8 Å². The Labute approximate surface area is 114 Å². The highest BCUT2D eigenvalue weighted by Crippen LogP contribution is 2.27. The topological polar surface area (TPSA) is 125 Å². The zero-order chi connectivity index (χ0) is 13.4. The van der Waals surface area contributed by atoms with E-state index < -0.39 is 42.4 Å². The second kappa shape index (κ2) is 5.09. The van der Waals surface area contributed by atoms with Crippen LogP contribution in [0.15, 0.2) is 15.8 Å². The fourth-order valence-corrected chi connectivity index (χ4v) is 2.19. The van der Waals surface area contributed by atoms with Gasteiger partial charge in [-0.1, -0.05) is 0 Å². The summed E-state index contributed by atoms with van der Waals surface area (Å²) in [7, 11) is 0. The van der Waals surface area contributed by atoms with Gasteiger partial charge in [0.25, 0.3) is 5.56 Å². The van der Waals surface area contributed by atoms with Gasteiger partial charge in [-0.15, -0.1) is 0 Å². The quantitative estimate of drug-likeness (QED) is 0.436. The lowest BCUT2D eigenvalue weighted by molar-refractivity contribution is -0.0551. The molecule has 4 atom stereocenters. The number of aromatic nitrogens is 2. The first-order valence-electron chi connectivity index (χ1n) is 5.09. The molecular weight excluding hydrogens is 359 g/mol. The van der Waals surface area contributed by atoms with Crippen LogP contribution < -0.4 is 11.2 Å². The number of hydrogen-bond acceptors (Lipinski definition) is 6. The van der Waals surface area contributed by atoms with Gasteiger partial charge in [0.1, 0.15) is 18.3 Å². The van der Waals surface area contributed by atoms with Gasteiger partial charge in [0.15, 0.2) is 6.23 Å². The van der Waals surface area contributed by atoms with Crippen molar-refractivity contribution in [2.75, 3.05) is 6.61 Å². The molecule has 2 rings (SSSR count). The van der Waals surface area contributed by atoms with Crippen LogP contribution in [0.4, 0.5) is 0 Å². The Balaban J connectivity index is 2.42. The van der Waals surface area contributed by atoms with E-state index in [2.05, 4.69) is 4.98 Å². The Kier molecular flexibility index (Phi) is 3.87. The van der Waals surface area contributed by atoms with Crippen molar-refractivity contribution in [2.24, 2.45) is 0 Å². The summed E-state index contributed by atoms with van der Waals surface area (Å²) in [6.45, 7) is -0.482. The van der Waals surface area contributed by atoms with E-state index in [1.54, 1.807) is 22.6 Å². The highest BCUT2D eigenvalue weighted by Gasteiger charge is 2.43. The zero-order valence-corrected chi connectivity index (χ0v) is 11.1. The third-order valence-electron chi connectivity index (χ3n) is 2.72. The molecule has 4 N–H and O–H groups in total. The molecule has 18 heavy (non-hydrogen) atoms. The van der Waals surface area contributed by atoms with Crippen LogP contribution in [-0.2, 0) is 4.74 Å². The minimum absolute atomic E-state index is 0.241. The van der Waals surface area contributed by atoms with Crippen molar-refractivity contribution in [1.82, 2.24) is 9.55 Å². The standard InChI is InChI=1S/C9H11IN2O6/c10-3-1-12(9(17)11-7(3)16)8-6(15)5(14)4(2-13)18-8/h1,4-6,8,13-15H,2H2,(H,11,16,17)/t4-,5-,6+,8+/m1/s1. The molecule has 1 fully saturated rings. The highest BCUT2D eigenvalue weighted by molar-refractivity contribution is 14.1. The number of aromatic amines is 1. The number of nitrogens with one attached hydrogen (secondary N) is 1. The molecule has 0 spiro atoms. The van der Waals surface area contributed by atoms with Crippen LogP contribution in [0.5, 0.6) is 0 Å². The third kappa shape index (κ3) is 2.23. The van der Waals surface area contributed by atoms with Gasteiger partial charge in [-0.2, -0.15) is 0 Å². The summed E-state index contributed by atoms with van der Waals surface area (Å²) in [5, 5.41) is 28.3. The fourth-order valence-electron chi connectivity index (χ4n) is 1.76. The Morgan fingerprint density at radius 3 is 2.61 bits per heavy atom. The van der Waals surface area contributed by atoms with E-state index >= 15 is 0 Å². The number of aliphatic hydroxyl groups excluding tert-OH is 3. The van der Waals surface area contributed by atoms with E-state index in [4.69, 9.17) is 9.84 Å². The number of ether oxygens (including phenoxy) is 1. The van der Waals surface area contributed by atoms with Crippen LogP contribution in [0, 0.1) is 3.57 Å². The van der Waals surface area contributed by atoms with Gasteiger partial charge in [0.2, 0.25) is 0 Å². The van der Waals surface area contributed by atoms with E-state index in [1.807, 2.05) is 0 Å².